The van der Waals surface area contributed by atoms with E-state index < -0.39 is 9.84 Å². The first-order valence-corrected chi connectivity index (χ1v) is 8.89. The predicted molar refractivity (Wildman–Crippen MR) is 77.8 cm³/mol. The van der Waals surface area contributed by atoms with Crippen LogP contribution in [-0.2, 0) is 16.4 Å². The third kappa shape index (κ3) is 4.05. The van der Waals surface area contributed by atoms with Crippen molar-refractivity contribution in [3.63, 3.8) is 0 Å². The normalized spacial score (nSPS) is 18.6. The summed E-state index contributed by atoms with van der Waals surface area (Å²) < 4.78 is 23.1. The molecule has 4 heteroatoms. The lowest BCUT2D eigenvalue weighted by atomic mass is 9.94. The van der Waals surface area contributed by atoms with Crippen LogP contribution in [0.4, 0.5) is 0 Å². The average Bonchev–Trinajstić information content (AvgIpc) is 2.39. The van der Waals surface area contributed by atoms with Crippen molar-refractivity contribution in [2.24, 2.45) is 5.92 Å². The summed E-state index contributed by atoms with van der Waals surface area (Å²) in [6.45, 7) is 5.37. The molecule has 19 heavy (non-hydrogen) atoms. The van der Waals surface area contributed by atoms with Crippen LogP contribution in [0.2, 0.25) is 0 Å². The van der Waals surface area contributed by atoms with Gasteiger partial charge in [-0.3, -0.25) is 4.90 Å². The van der Waals surface area contributed by atoms with E-state index in [0.717, 1.165) is 31.1 Å². The van der Waals surface area contributed by atoms with Gasteiger partial charge in [0, 0.05) is 12.8 Å². The fourth-order valence-corrected chi connectivity index (χ4v) is 3.38. The maximum absolute atomic E-state index is 11.5. The van der Waals surface area contributed by atoms with E-state index in [0.29, 0.717) is 4.90 Å². The lowest BCUT2D eigenvalue weighted by Gasteiger charge is -2.31. The van der Waals surface area contributed by atoms with Crippen molar-refractivity contribution in [1.82, 2.24) is 4.90 Å². The van der Waals surface area contributed by atoms with Crippen molar-refractivity contribution in [2.45, 2.75) is 37.6 Å². The molecule has 0 aliphatic carbocycles. The molecule has 0 unspecified atom stereocenters. The minimum absolute atomic E-state index is 0.424. The summed E-state index contributed by atoms with van der Waals surface area (Å²) in [6, 6.07) is 7.33. The average molecular weight is 281 g/mol. The number of hydrogen-bond acceptors (Lipinski definition) is 3. The van der Waals surface area contributed by atoms with Crippen molar-refractivity contribution in [3.05, 3.63) is 29.8 Å². The molecule has 1 aromatic rings. The molecule has 2 rings (SSSR count). The Bertz CT molecular complexity index is 517. The molecule has 0 aromatic heterocycles. The molecule has 0 saturated carbocycles. The summed E-state index contributed by atoms with van der Waals surface area (Å²) in [5, 5.41) is 0. The van der Waals surface area contributed by atoms with E-state index in [2.05, 4.69) is 11.8 Å². The number of rotatable bonds is 4. The highest BCUT2D eigenvalue weighted by atomic mass is 32.2. The summed E-state index contributed by atoms with van der Waals surface area (Å²) >= 11 is 0. The Morgan fingerprint density at radius 2 is 1.95 bits per heavy atom. The fourth-order valence-electron chi connectivity index (χ4n) is 2.69. The van der Waals surface area contributed by atoms with Crippen LogP contribution in [-0.4, -0.2) is 32.7 Å². The Hall–Kier alpha value is -0.870. The van der Waals surface area contributed by atoms with Crippen LogP contribution in [0.1, 0.15) is 31.7 Å². The van der Waals surface area contributed by atoms with Gasteiger partial charge in [0.25, 0.3) is 0 Å². The quantitative estimate of drug-likeness (QED) is 0.851. The van der Waals surface area contributed by atoms with Gasteiger partial charge in [0.05, 0.1) is 4.90 Å². The van der Waals surface area contributed by atoms with Gasteiger partial charge in [-0.15, -0.1) is 0 Å². The smallest absolute Gasteiger partial charge is 0.175 e. The van der Waals surface area contributed by atoms with Crippen LogP contribution < -0.4 is 0 Å². The van der Waals surface area contributed by atoms with Gasteiger partial charge >= 0.3 is 0 Å². The molecule has 1 aromatic carbocycles. The van der Waals surface area contributed by atoms with Gasteiger partial charge in [-0.25, -0.2) is 8.42 Å². The van der Waals surface area contributed by atoms with Crippen LogP contribution in [0.15, 0.2) is 29.2 Å². The van der Waals surface area contributed by atoms with E-state index in [1.165, 1.54) is 25.5 Å². The zero-order chi connectivity index (χ0) is 13.9. The Labute approximate surface area is 116 Å². The highest BCUT2D eigenvalue weighted by Crippen LogP contribution is 2.22. The van der Waals surface area contributed by atoms with Crippen LogP contribution in [0, 0.1) is 5.92 Å². The van der Waals surface area contributed by atoms with Crippen LogP contribution in [0.3, 0.4) is 0 Å². The molecule has 1 fully saturated rings. The summed E-state index contributed by atoms with van der Waals surface area (Å²) in [5.74, 6) is 0.874. The Kier molecular flexibility index (Phi) is 4.63. The number of piperidine rings is 1. The van der Waals surface area contributed by atoms with Crippen LogP contribution in [0.5, 0.6) is 0 Å². The van der Waals surface area contributed by atoms with Gasteiger partial charge < -0.3 is 0 Å². The van der Waals surface area contributed by atoms with Gasteiger partial charge in [0.1, 0.15) is 0 Å². The van der Waals surface area contributed by atoms with Crippen molar-refractivity contribution in [1.29, 1.82) is 0 Å². The third-order valence-corrected chi connectivity index (χ3v) is 5.13. The first kappa shape index (κ1) is 14.5. The Balaban J connectivity index is 2.00. The largest absolute Gasteiger partial charge is 0.299 e. The molecule has 0 spiro atoms. The molecule has 0 radical (unpaired) electrons. The molecule has 1 heterocycles. The fraction of sp³-hybridized carbons (Fsp3) is 0.600. The Morgan fingerprint density at radius 3 is 2.53 bits per heavy atom. The van der Waals surface area contributed by atoms with Crippen molar-refractivity contribution in [3.8, 4) is 0 Å². The van der Waals surface area contributed by atoms with E-state index in [4.69, 9.17) is 0 Å². The molecule has 106 valence electrons. The zero-order valence-electron chi connectivity index (χ0n) is 11.8. The number of sulfone groups is 1. The molecule has 3 nitrogen and oxygen atoms in total. The molecule has 1 saturated heterocycles. The van der Waals surface area contributed by atoms with Gasteiger partial charge in [-0.1, -0.05) is 25.5 Å². The van der Waals surface area contributed by atoms with Crippen molar-refractivity contribution < 1.29 is 8.42 Å². The summed E-state index contributed by atoms with van der Waals surface area (Å²) in [7, 11) is -3.10. The SMILES string of the molecule is CCC1CCN(Cc2cccc(S(C)(=O)=O)c2)CC1. The van der Waals surface area contributed by atoms with E-state index in [9.17, 15) is 8.42 Å². The third-order valence-electron chi connectivity index (χ3n) is 4.02. The lowest BCUT2D eigenvalue weighted by Crippen LogP contribution is -2.33. The molecule has 0 bridgehead atoms. The lowest BCUT2D eigenvalue weighted by molar-refractivity contribution is 0.175. The van der Waals surface area contributed by atoms with Crippen LogP contribution in [0.25, 0.3) is 0 Å². The highest BCUT2D eigenvalue weighted by Gasteiger charge is 2.18. The second-order valence-corrected chi connectivity index (χ2v) is 7.56. The first-order chi connectivity index (χ1) is 8.99. The molecular weight excluding hydrogens is 258 g/mol. The minimum atomic E-state index is -3.10. The van der Waals surface area contributed by atoms with Gasteiger partial charge in [0.2, 0.25) is 0 Å². The molecule has 0 atom stereocenters. The second-order valence-electron chi connectivity index (χ2n) is 5.55. The minimum Gasteiger partial charge on any atom is -0.299 e. The summed E-state index contributed by atoms with van der Waals surface area (Å²) in [6.07, 6.45) is 5.07. The molecular formula is C15H23NO2S. The molecule has 1 aliphatic heterocycles. The molecule has 0 amide bonds. The summed E-state index contributed by atoms with van der Waals surface area (Å²) in [4.78, 5) is 2.85. The summed E-state index contributed by atoms with van der Waals surface area (Å²) in [5.41, 5.74) is 1.10. The second kappa shape index (κ2) is 6.06. The van der Waals surface area contributed by atoms with Crippen molar-refractivity contribution in [2.75, 3.05) is 19.3 Å². The number of likely N-dealkylation sites (tertiary alicyclic amines) is 1. The predicted octanol–water partition coefficient (Wildman–Crippen LogP) is 2.71. The van der Waals surface area contributed by atoms with Gasteiger partial charge in [-0.05, 0) is 49.5 Å². The maximum atomic E-state index is 11.5. The number of hydrogen-bond donors (Lipinski definition) is 0. The number of nitrogens with zero attached hydrogens (tertiary/aromatic N) is 1. The van der Waals surface area contributed by atoms with Gasteiger partial charge in [-0.2, -0.15) is 0 Å². The standard InChI is InChI=1S/C15H23NO2S/c1-3-13-7-9-16(10-8-13)12-14-5-4-6-15(11-14)19(2,17)18/h4-6,11,13H,3,7-10,12H2,1-2H3. The monoisotopic (exact) mass is 281 g/mol. The number of benzene rings is 1. The van der Waals surface area contributed by atoms with Gasteiger partial charge in [0.15, 0.2) is 9.84 Å². The van der Waals surface area contributed by atoms with E-state index in [1.807, 2.05) is 12.1 Å². The topological polar surface area (TPSA) is 37.4 Å². The van der Waals surface area contributed by atoms with E-state index in [-0.39, 0.29) is 0 Å². The van der Waals surface area contributed by atoms with Crippen molar-refractivity contribution >= 4 is 9.84 Å². The van der Waals surface area contributed by atoms with E-state index in [1.54, 1.807) is 12.1 Å². The zero-order valence-corrected chi connectivity index (χ0v) is 12.6. The highest BCUT2D eigenvalue weighted by molar-refractivity contribution is 7.90. The Morgan fingerprint density at radius 1 is 1.26 bits per heavy atom. The molecule has 0 N–H and O–H groups in total. The molecule has 1 aliphatic rings. The van der Waals surface area contributed by atoms with Crippen LogP contribution >= 0.6 is 0 Å². The van der Waals surface area contributed by atoms with E-state index >= 15 is 0 Å². The maximum Gasteiger partial charge on any atom is 0.175 e. The first-order valence-electron chi connectivity index (χ1n) is 7.00.